The molecule has 0 spiro atoms. The fraction of sp³-hybridized carbons (Fsp3) is 0.160. The van der Waals surface area contributed by atoms with Crippen molar-refractivity contribution in [1.82, 2.24) is 14.5 Å². The molecule has 7 heteroatoms. The molecule has 1 N–H and O–H groups in total. The number of carbonyl (C=O) groups is 1. The number of nitrogens with zero attached hydrogens (tertiary/aromatic N) is 2. The Morgan fingerprint density at radius 2 is 1.75 bits per heavy atom. The number of hydrogen-bond acceptors (Lipinski definition) is 3. The lowest BCUT2D eigenvalue weighted by Crippen LogP contribution is -2.42. The van der Waals surface area contributed by atoms with Crippen molar-refractivity contribution in [2.75, 3.05) is 0 Å². The van der Waals surface area contributed by atoms with E-state index in [1.165, 1.54) is 10.6 Å². The lowest BCUT2D eigenvalue weighted by atomic mass is 10.1. The summed E-state index contributed by atoms with van der Waals surface area (Å²) in [6.07, 6.45) is 0. The largest absolute Gasteiger partial charge is 0.348 e. The highest BCUT2D eigenvalue weighted by Crippen LogP contribution is 2.17. The average Bonchev–Trinajstić information content (AvgIpc) is 2.77. The molecule has 6 nitrogen and oxygen atoms in total. The van der Waals surface area contributed by atoms with Crippen LogP contribution in [0, 0.1) is 6.92 Å². The normalized spacial score (nSPS) is 12.0. The molecule has 32 heavy (non-hydrogen) atoms. The van der Waals surface area contributed by atoms with E-state index in [0.29, 0.717) is 21.6 Å². The van der Waals surface area contributed by atoms with Crippen LogP contribution in [0.1, 0.15) is 24.1 Å². The van der Waals surface area contributed by atoms with Gasteiger partial charge in [0, 0.05) is 5.02 Å². The SMILES string of the molecule is Cc1cccc(-n2c(=O)c3ccc(Cl)cc3n(CC(=O)N[C@@H](C)c3ccccc3)c2=O)c1. The van der Waals surface area contributed by atoms with Gasteiger partial charge in [0.15, 0.2) is 0 Å². The zero-order valence-electron chi connectivity index (χ0n) is 17.7. The van der Waals surface area contributed by atoms with Crippen molar-refractivity contribution in [3.63, 3.8) is 0 Å². The van der Waals surface area contributed by atoms with E-state index >= 15 is 0 Å². The van der Waals surface area contributed by atoms with E-state index in [-0.39, 0.29) is 18.5 Å². The summed E-state index contributed by atoms with van der Waals surface area (Å²) in [5, 5.41) is 3.59. The van der Waals surface area contributed by atoms with Crippen LogP contribution in [0.15, 0.2) is 82.4 Å². The zero-order valence-corrected chi connectivity index (χ0v) is 18.5. The number of fused-ring (bicyclic) bond motifs is 1. The van der Waals surface area contributed by atoms with E-state index in [4.69, 9.17) is 11.6 Å². The standard InChI is InChI=1S/C25H22ClN3O3/c1-16-7-6-10-20(13-16)29-24(31)21-12-11-19(26)14-22(21)28(25(29)32)15-23(30)27-17(2)18-8-4-3-5-9-18/h3-14,17H,15H2,1-2H3,(H,27,30)/t17-/m0/s1. The molecule has 0 aliphatic rings. The third kappa shape index (κ3) is 4.22. The molecule has 0 fully saturated rings. The lowest BCUT2D eigenvalue weighted by Gasteiger charge is -2.17. The summed E-state index contributed by atoms with van der Waals surface area (Å²) in [5.41, 5.74) is 1.57. The highest BCUT2D eigenvalue weighted by Gasteiger charge is 2.18. The van der Waals surface area contributed by atoms with E-state index in [9.17, 15) is 14.4 Å². The van der Waals surface area contributed by atoms with Crippen molar-refractivity contribution in [2.24, 2.45) is 0 Å². The van der Waals surface area contributed by atoms with Crippen LogP contribution in [0.4, 0.5) is 0 Å². The first-order chi connectivity index (χ1) is 15.3. The first kappa shape index (κ1) is 21.6. The fourth-order valence-corrected chi connectivity index (χ4v) is 3.91. The smallest absolute Gasteiger partial charge is 0.336 e. The second-order valence-corrected chi connectivity index (χ2v) is 8.15. The van der Waals surface area contributed by atoms with Gasteiger partial charge in [0.1, 0.15) is 6.54 Å². The van der Waals surface area contributed by atoms with Gasteiger partial charge in [-0.2, -0.15) is 0 Å². The van der Waals surface area contributed by atoms with E-state index in [0.717, 1.165) is 15.7 Å². The van der Waals surface area contributed by atoms with E-state index in [1.54, 1.807) is 30.3 Å². The second kappa shape index (κ2) is 8.85. The monoisotopic (exact) mass is 447 g/mol. The van der Waals surface area contributed by atoms with Crippen molar-refractivity contribution in [1.29, 1.82) is 0 Å². The molecule has 0 aliphatic heterocycles. The van der Waals surface area contributed by atoms with E-state index < -0.39 is 11.2 Å². The summed E-state index contributed by atoms with van der Waals surface area (Å²) in [7, 11) is 0. The van der Waals surface area contributed by atoms with Gasteiger partial charge in [-0.1, -0.05) is 54.1 Å². The number of halogens is 1. The molecule has 1 aromatic heterocycles. The van der Waals surface area contributed by atoms with Gasteiger partial charge in [-0.05, 0) is 55.3 Å². The van der Waals surface area contributed by atoms with Crippen molar-refractivity contribution >= 4 is 28.4 Å². The number of aromatic nitrogens is 2. The summed E-state index contributed by atoms with van der Waals surface area (Å²) in [4.78, 5) is 39.5. The Kier molecular flexibility index (Phi) is 5.97. The molecule has 0 saturated carbocycles. The molecule has 0 unspecified atom stereocenters. The number of aryl methyl sites for hydroxylation is 1. The zero-order chi connectivity index (χ0) is 22.8. The Morgan fingerprint density at radius 1 is 1.00 bits per heavy atom. The first-order valence-electron chi connectivity index (χ1n) is 10.2. The molecule has 0 bridgehead atoms. The van der Waals surface area contributed by atoms with Crippen LogP contribution >= 0.6 is 11.6 Å². The molecule has 4 aromatic rings. The van der Waals surface area contributed by atoms with Crippen molar-refractivity contribution in [3.05, 3.63) is 110 Å². The molecule has 0 radical (unpaired) electrons. The minimum atomic E-state index is -0.599. The maximum absolute atomic E-state index is 13.4. The molecule has 1 atom stereocenters. The number of hydrogen-bond donors (Lipinski definition) is 1. The fourth-order valence-electron chi connectivity index (χ4n) is 3.74. The van der Waals surface area contributed by atoms with Crippen LogP contribution in [0.5, 0.6) is 0 Å². The summed E-state index contributed by atoms with van der Waals surface area (Å²) in [6.45, 7) is 3.50. The summed E-state index contributed by atoms with van der Waals surface area (Å²) in [6, 6.07) is 21.1. The molecule has 3 aromatic carbocycles. The number of carbonyl (C=O) groups excluding carboxylic acids is 1. The Morgan fingerprint density at radius 3 is 2.47 bits per heavy atom. The van der Waals surface area contributed by atoms with Crippen LogP contribution < -0.4 is 16.6 Å². The van der Waals surface area contributed by atoms with Crippen LogP contribution in [0.2, 0.25) is 5.02 Å². The molecular formula is C25H22ClN3O3. The van der Waals surface area contributed by atoms with Gasteiger partial charge in [-0.25, -0.2) is 9.36 Å². The highest BCUT2D eigenvalue weighted by molar-refractivity contribution is 6.31. The van der Waals surface area contributed by atoms with Gasteiger partial charge < -0.3 is 5.32 Å². The van der Waals surface area contributed by atoms with Crippen molar-refractivity contribution < 1.29 is 4.79 Å². The van der Waals surface area contributed by atoms with Gasteiger partial charge in [0.05, 0.1) is 22.6 Å². The molecule has 1 amide bonds. The Balaban J connectivity index is 1.81. The van der Waals surface area contributed by atoms with Gasteiger partial charge in [0.2, 0.25) is 5.91 Å². The van der Waals surface area contributed by atoms with Crippen LogP contribution in [0.3, 0.4) is 0 Å². The second-order valence-electron chi connectivity index (χ2n) is 7.71. The van der Waals surface area contributed by atoms with Crippen LogP contribution in [0.25, 0.3) is 16.6 Å². The quantitative estimate of drug-likeness (QED) is 0.502. The third-order valence-corrected chi connectivity index (χ3v) is 5.58. The maximum atomic E-state index is 13.4. The van der Waals surface area contributed by atoms with Crippen LogP contribution in [-0.2, 0) is 11.3 Å². The lowest BCUT2D eigenvalue weighted by molar-refractivity contribution is -0.122. The minimum Gasteiger partial charge on any atom is -0.348 e. The molecule has 0 saturated heterocycles. The van der Waals surface area contributed by atoms with Gasteiger partial charge >= 0.3 is 5.69 Å². The molecule has 4 rings (SSSR count). The molecule has 0 aliphatic carbocycles. The summed E-state index contributed by atoms with van der Waals surface area (Å²) < 4.78 is 2.38. The minimum absolute atomic E-state index is 0.239. The van der Waals surface area contributed by atoms with Gasteiger partial charge in [-0.15, -0.1) is 0 Å². The number of rotatable bonds is 5. The van der Waals surface area contributed by atoms with Gasteiger partial charge in [-0.3, -0.25) is 14.2 Å². The van der Waals surface area contributed by atoms with Gasteiger partial charge in [0.25, 0.3) is 5.56 Å². The topological polar surface area (TPSA) is 73.1 Å². The average molecular weight is 448 g/mol. The van der Waals surface area contributed by atoms with Crippen molar-refractivity contribution in [3.8, 4) is 5.69 Å². The van der Waals surface area contributed by atoms with Crippen molar-refractivity contribution in [2.45, 2.75) is 26.4 Å². The molecule has 1 heterocycles. The number of nitrogens with one attached hydrogen (secondary N) is 1. The molecular weight excluding hydrogens is 426 g/mol. The highest BCUT2D eigenvalue weighted by atomic mass is 35.5. The predicted octanol–water partition coefficient (Wildman–Crippen LogP) is 3.99. The summed E-state index contributed by atoms with van der Waals surface area (Å²) in [5.74, 6) is -0.348. The predicted molar refractivity (Wildman–Crippen MR) is 127 cm³/mol. The maximum Gasteiger partial charge on any atom is 0.336 e. The first-order valence-corrected chi connectivity index (χ1v) is 10.6. The third-order valence-electron chi connectivity index (χ3n) is 5.34. The Labute approximate surface area is 189 Å². The Bertz CT molecular complexity index is 1420. The van der Waals surface area contributed by atoms with Crippen LogP contribution in [-0.4, -0.2) is 15.0 Å². The van der Waals surface area contributed by atoms with E-state index in [2.05, 4.69) is 5.32 Å². The van der Waals surface area contributed by atoms with E-state index in [1.807, 2.05) is 50.2 Å². The number of benzene rings is 3. The number of amides is 1. The Hall–Kier alpha value is -3.64. The molecule has 162 valence electrons. The summed E-state index contributed by atoms with van der Waals surface area (Å²) >= 11 is 6.15.